The van der Waals surface area contributed by atoms with Crippen LogP contribution in [0, 0.1) is 35.0 Å². The molecule has 3 heteroatoms. The van der Waals surface area contributed by atoms with Crippen molar-refractivity contribution in [3.05, 3.63) is 82.8 Å². The van der Waals surface area contributed by atoms with Crippen LogP contribution in [0.2, 0.25) is 0 Å². The van der Waals surface area contributed by atoms with Crippen molar-refractivity contribution in [2.24, 2.45) is 29.1 Å². The van der Waals surface area contributed by atoms with Crippen molar-refractivity contribution in [2.45, 2.75) is 104 Å². The largest absolute Gasteiger partial charge is 0.214 e. The molecule has 0 amide bonds. The number of rotatable bonds is 0. The van der Waals surface area contributed by atoms with E-state index >= 15 is 0 Å². The summed E-state index contributed by atoms with van der Waals surface area (Å²) in [6.07, 6.45) is 15.9. The smallest absolute Gasteiger partial charge is 0.172 e. The number of hydrogen-bond acceptors (Lipinski definition) is 0. The standard InChI is InChI=1S/C25H33.C6H10.C5H5.2ClH.Hf/c1-15-13-21-19-11-7-8-12-20(19)24-18-10-6-5-9-17(18)14-22(24)23(21)16(2)25(15,3)4;1-2-4-6-5-3-1;1-2-4-5-3-1;;;/h5-6,9-10,15,19-21,24H,7-8,11-14H2,1-4H3;1-5H2;1-5H;2*1H;/q-1;;-1;;;+2/p-2. The minimum absolute atomic E-state index is 0. The molecule has 5 aliphatic carbocycles. The molecule has 0 spiro atoms. The molecule has 2 aromatic carbocycles. The summed E-state index contributed by atoms with van der Waals surface area (Å²) in [6.45, 7) is 9.99. The summed E-state index contributed by atoms with van der Waals surface area (Å²) in [5.74, 6) is 6.00. The van der Waals surface area contributed by atoms with E-state index in [4.69, 9.17) is 0 Å². The van der Waals surface area contributed by atoms with Gasteiger partial charge in [0.1, 0.15) is 0 Å². The van der Waals surface area contributed by atoms with E-state index in [-0.39, 0.29) is 24.8 Å². The first kappa shape index (κ1) is 33.0. The second kappa shape index (κ2) is 14.6. The molecule has 0 N–H and O–H groups in total. The van der Waals surface area contributed by atoms with Crippen LogP contribution in [0.15, 0.2) is 65.7 Å². The number of benzene rings is 1. The van der Waals surface area contributed by atoms with Crippen molar-refractivity contribution >= 4 is 3.26 Å². The van der Waals surface area contributed by atoms with Gasteiger partial charge in [0.25, 0.3) is 0 Å². The fourth-order valence-electron chi connectivity index (χ4n) is 8.31. The molecule has 39 heavy (non-hydrogen) atoms. The third kappa shape index (κ3) is 6.94. The first-order valence-corrected chi connectivity index (χ1v) is 17.1. The van der Waals surface area contributed by atoms with E-state index in [1.165, 1.54) is 94.5 Å². The van der Waals surface area contributed by atoms with Gasteiger partial charge in [0.2, 0.25) is 0 Å². The van der Waals surface area contributed by atoms with E-state index in [1.54, 1.807) is 17.0 Å². The van der Waals surface area contributed by atoms with Gasteiger partial charge in [0.05, 0.1) is 0 Å². The van der Waals surface area contributed by atoms with Gasteiger partial charge in [-0.25, -0.2) is 29.2 Å². The molecular weight excluding hydrogens is 682 g/mol. The number of allylic oxidation sites excluding steroid dienone is 2. The fourth-order valence-corrected chi connectivity index (χ4v) is 9.58. The van der Waals surface area contributed by atoms with Crippen LogP contribution < -0.4 is 24.8 Å². The zero-order valence-corrected chi connectivity index (χ0v) is 29.7. The molecule has 2 aromatic rings. The quantitative estimate of drug-likeness (QED) is 0.286. The van der Waals surface area contributed by atoms with Gasteiger partial charge in [-0.15, -0.1) is 6.92 Å². The van der Waals surface area contributed by atoms with Crippen molar-refractivity contribution in [3.8, 4) is 0 Å². The molecule has 0 aliphatic heterocycles. The van der Waals surface area contributed by atoms with E-state index < -0.39 is 0 Å². The Morgan fingerprint density at radius 1 is 0.872 bits per heavy atom. The topological polar surface area (TPSA) is 0 Å². The second-order valence-corrected chi connectivity index (χ2v) is 15.7. The minimum atomic E-state index is 0. The number of hydrogen-bond donors (Lipinski definition) is 0. The van der Waals surface area contributed by atoms with Crippen LogP contribution in [0.5, 0.6) is 0 Å². The Balaban J connectivity index is 0.000000250. The molecule has 5 unspecified atom stereocenters. The van der Waals surface area contributed by atoms with E-state index in [2.05, 4.69) is 52.0 Å². The maximum atomic E-state index is 2.51. The van der Waals surface area contributed by atoms with Gasteiger partial charge >= 0.3 is 59.3 Å². The van der Waals surface area contributed by atoms with Crippen molar-refractivity contribution in [1.82, 2.24) is 0 Å². The van der Waals surface area contributed by atoms with Gasteiger partial charge < -0.3 is 24.8 Å². The monoisotopic (exact) mass is 730 g/mol. The Morgan fingerprint density at radius 3 is 2.10 bits per heavy atom. The summed E-state index contributed by atoms with van der Waals surface area (Å²) >= 11 is 1.37. The van der Waals surface area contributed by atoms with Crippen molar-refractivity contribution in [3.63, 3.8) is 0 Å². The van der Waals surface area contributed by atoms with Crippen LogP contribution in [0.3, 0.4) is 0 Å². The molecule has 0 aromatic heterocycles. The molecule has 7 rings (SSSR count). The van der Waals surface area contributed by atoms with Crippen molar-refractivity contribution in [2.75, 3.05) is 0 Å². The Morgan fingerprint density at radius 2 is 1.51 bits per heavy atom. The molecular formula is C36H48Cl2Hf-2. The molecule has 0 bridgehead atoms. The maximum absolute atomic E-state index is 2.51. The van der Waals surface area contributed by atoms with Crippen molar-refractivity contribution in [1.29, 1.82) is 0 Å². The van der Waals surface area contributed by atoms with Crippen LogP contribution in [-0.4, -0.2) is 3.26 Å². The number of fused-ring (bicyclic) bond motifs is 7. The molecule has 0 nitrogen and oxygen atoms in total. The zero-order valence-electron chi connectivity index (χ0n) is 24.6. The summed E-state index contributed by atoms with van der Waals surface area (Å²) in [7, 11) is 0. The van der Waals surface area contributed by atoms with Crippen molar-refractivity contribution < 1.29 is 48.7 Å². The molecule has 0 heterocycles. The molecule has 212 valence electrons. The molecule has 5 aliphatic rings. The van der Waals surface area contributed by atoms with Gasteiger partial charge in [-0.1, -0.05) is 99.1 Å². The Labute approximate surface area is 266 Å². The normalized spacial score (nSPS) is 29.9. The van der Waals surface area contributed by atoms with Gasteiger partial charge in [0, 0.05) is 0 Å². The average molecular weight is 730 g/mol. The first-order chi connectivity index (χ1) is 17.9. The van der Waals surface area contributed by atoms with Crippen LogP contribution in [0.25, 0.3) is 0 Å². The predicted octanol–water partition coefficient (Wildman–Crippen LogP) is 3.80. The van der Waals surface area contributed by atoms with Crippen LogP contribution in [-0.2, 0) is 30.3 Å². The van der Waals surface area contributed by atoms with Crippen LogP contribution in [0.4, 0.5) is 0 Å². The Hall–Kier alpha value is -0.500. The number of halogens is 2. The Bertz CT molecular complexity index is 1060. The minimum Gasteiger partial charge on any atom is -0.214 e. The van der Waals surface area contributed by atoms with E-state index in [9.17, 15) is 0 Å². The van der Waals surface area contributed by atoms with Gasteiger partial charge in [-0.05, 0) is 30.6 Å². The molecule has 0 saturated heterocycles. The third-order valence-electron chi connectivity index (χ3n) is 10.9. The van der Waals surface area contributed by atoms with E-state index in [0.717, 1.165) is 29.6 Å². The average Bonchev–Trinajstić information content (AvgIpc) is 3.61. The third-order valence-corrected chi connectivity index (χ3v) is 12.7. The molecule has 0 radical (unpaired) electrons. The van der Waals surface area contributed by atoms with Gasteiger partial charge in [-0.2, -0.15) is 18.2 Å². The Kier molecular flexibility index (Phi) is 12.4. The molecule has 3 fully saturated rings. The van der Waals surface area contributed by atoms with Gasteiger partial charge in [-0.3, -0.25) is 0 Å². The zero-order chi connectivity index (χ0) is 26.0. The van der Waals surface area contributed by atoms with Crippen LogP contribution >= 0.6 is 0 Å². The van der Waals surface area contributed by atoms with Gasteiger partial charge in [0.15, 0.2) is 0 Å². The SMILES string of the molecule is C[C-]1C2=C3Cc4ccccc4C3C3CCCCC3C2CC(C)C1(C)C.[Cl-].[Cl-].[Hf+2]=[C]1CCCCC1.c1cc[cH-]c1. The summed E-state index contributed by atoms with van der Waals surface area (Å²) in [4.78, 5) is 0. The fraction of sp³-hybridized carbons (Fsp3) is 0.583. The second-order valence-electron chi connectivity index (χ2n) is 13.1. The summed E-state index contributed by atoms with van der Waals surface area (Å²) in [5, 5.41) is 0. The first-order valence-electron chi connectivity index (χ1n) is 15.3. The maximum Gasteiger partial charge on any atom is -0.172 e. The predicted molar refractivity (Wildman–Crippen MR) is 155 cm³/mol. The molecule has 5 atom stereocenters. The molecule has 3 saturated carbocycles. The van der Waals surface area contributed by atoms with E-state index in [0.29, 0.717) is 5.41 Å². The van der Waals surface area contributed by atoms with Crippen LogP contribution in [0.1, 0.15) is 109 Å². The summed E-state index contributed by atoms with van der Waals surface area (Å²) < 4.78 is 1.85. The van der Waals surface area contributed by atoms with E-state index in [1.807, 2.05) is 44.7 Å². The summed E-state index contributed by atoms with van der Waals surface area (Å²) in [6, 6.07) is 19.4. The summed E-state index contributed by atoms with van der Waals surface area (Å²) in [5.41, 5.74) is 7.35.